The summed E-state index contributed by atoms with van der Waals surface area (Å²) in [7, 11) is 0. The van der Waals surface area contributed by atoms with Gasteiger partial charge in [-0.05, 0) is 17.5 Å². The molecule has 19 heavy (non-hydrogen) atoms. The van der Waals surface area contributed by atoms with Crippen LogP contribution in [0.15, 0.2) is 18.2 Å². The van der Waals surface area contributed by atoms with Crippen LogP contribution in [0.4, 0.5) is 4.39 Å². The Hall–Kier alpha value is -1.46. The molecule has 4 nitrogen and oxygen atoms in total. The molecule has 1 aromatic carbocycles. The van der Waals surface area contributed by atoms with Crippen LogP contribution < -0.4 is 11.5 Å². The van der Waals surface area contributed by atoms with E-state index in [2.05, 4.69) is 13.8 Å². The molecule has 4 N–H and O–H groups in total. The van der Waals surface area contributed by atoms with Crippen LogP contribution in [0.25, 0.3) is 0 Å². The molecule has 1 aromatic rings. The first kappa shape index (κ1) is 15.6. The van der Waals surface area contributed by atoms with Crippen LogP contribution in [0.3, 0.4) is 0 Å². The van der Waals surface area contributed by atoms with Crippen molar-refractivity contribution in [2.75, 3.05) is 13.1 Å². The molecular formula is C14H22FN3O. The molecule has 0 aliphatic rings. The number of benzene rings is 1. The van der Waals surface area contributed by atoms with Crippen LogP contribution in [0.2, 0.25) is 0 Å². The minimum Gasteiger partial charge on any atom is -0.369 e. The lowest BCUT2D eigenvalue weighted by Crippen LogP contribution is -2.35. The molecule has 0 aromatic heterocycles. The largest absolute Gasteiger partial charge is 0.369 e. The lowest BCUT2D eigenvalue weighted by molar-refractivity contribution is -0.119. The third kappa shape index (κ3) is 5.36. The molecule has 0 atom stereocenters. The number of carbonyl (C=O) groups is 1. The van der Waals surface area contributed by atoms with Crippen molar-refractivity contribution in [3.8, 4) is 0 Å². The van der Waals surface area contributed by atoms with Crippen LogP contribution in [0.5, 0.6) is 0 Å². The average molecular weight is 267 g/mol. The summed E-state index contributed by atoms with van der Waals surface area (Å²) in [5, 5.41) is 0. The van der Waals surface area contributed by atoms with Crippen LogP contribution in [-0.4, -0.2) is 23.9 Å². The maximum Gasteiger partial charge on any atom is 0.231 e. The van der Waals surface area contributed by atoms with Gasteiger partial charge in [0, 0.05) is 25.2 Å². The summed E-state index contributed by atoms with van der Waals surface area (Å²) < 4.78 is 13.4. The fourth-order valence-electron chi connectivity index (χ4n) is 2.06. The Morgan fingerprint density at radius 3 is 2.63 bits per heavy atom. The van der Waals surface area contributed by atoms with Gasteiger partial charge in [-0.1, -0.05) is 26.0 Å². The van der Waals surface area contributed by atoms with Gasteiger partial charge in [0.2, 0.25) is 5.91 Å². The van der Waals surface area contributed by atoms with Gasteiger partial charge in [-0.3, -0.25) is 9.69 Å². The van der Waals surface area contributed by atoms with E-state index in [1.165, 1.54) is 6.07 Å². The fourth-order valence-corrected chi connectivity index (χ4v) is 2.06. The van der Waals surface area contributed by atoms with Crippen molar-refractivity contribution < 1.29 is 9.18 Å². The number of nitrogens with two attached hydrogens (primary N) is 2. The van der Waals surface area contributed by atoms with Gasteiger partial charge in [-0.25, -0.2) is 4.39 Å². The van der Waals surface area contributed by atoms with E-state index in [1.54, 1.807) is 12.1 Å². The van der Waals surface area contributed by atoms with E-state index in [-0.39, 0.29) is 24.8 Å². The molecule has 0 unspecified atom stereocenters. The fraction of sp³-hybridized carbons (Fsp3) is 0.500. The Morgan fingerprint density at radius 1 is 1.42 bits per heavy atom. The summed E-state index contributed by atoms with van der Waals surface area (Å²) in [5.41, 5.74) is 12.1. The van der Waals surface area contributed by atoms with Crippen molar-refractivity contribution in [1.82, 2.24) is 4.90 Å². The first-order valence-corrected chi connectivity index (χ1v) is 6.40. The first-order chi connectivity index (χ1) is 8.92. The van der Waals surface area contributed by atoms with Gasteiger partial charge < -0.3 is 11.5 Å². The number of carbonyl (C=O) groups excluding carboxylic acids is 1. The van der Waals surface area contributed by atoms with E-state index in [9.17, 15) is 9.18 Å². The predicted molar refractivity (Wildman–Crippen MR) is 73.6 cm³/mol. The second-order valence-electron chi connectivity index (χ2n) is 5.16. The Bertz CT molecular complexity index is 435. The van der Waals surface area contributed by atoms with Crippen molar-refractivity contribution in [3.05, 3.63) is 35.1 Å². The molecule has 1 rings (SSSR count). The average Bonchev–Trinajstić information content (AvgIpc) is 2.29. The summed E-state index contributed by atoms with van der Waals surface area (Å²) in [5.74, 6) is -0.229. The minimum absolute atomic E-state index is 0.166. The summed E-state index contributed by atoms with van der Waals surface area (Å²) in [6.07, 6.45) is 0. The topological polar surface area (TPSA) is 72.3 Å². The SMILES string of the molecule is CC(C)CN(CC(N)=O)Cc1ccc(F)c(CN)c1. The van der Waals surface area contributed by atoms with E-state index in [0.717, 1.165) is 12.1 Å². The lowest BCUT2D eigenvalue weighted by atomic mass is 10.1. The summed E-state index contributed by atoms with van der Waals surface area (Å²) in [6.45, 7) is 5.84. The number of primary amides is 1. The van der Waals surface area contributed by atoms with Crippen molar-refractivity contribution in [1.29, 1.82) is 0 Å². The molecule has 0 heterocycles. The van der Waals surface area contributed by atoms with E-state index >= 15 is 0 Å². The Kier molecular flexibility index (Phi) is 5.92. The Morgan fingerprint density at radius 2 is 2.11 bits per heavy atom. The van der Waals surface area contributed by atoms with Crippen LogP contribution in [-0.2, 0) is 17.9 Å². The standard InChI is InChI=1S/C14H22FN3O/c1-10(2)7-18(9-14(17)19)8-11-3-4-13(15)12(5-11)6-16/h3-5,10H,6-9,16H2,1-2H3,(H2,17,19). The number of hydrogen-bond acceptors (Lipinski definition) is 3. The highest BCUT2D eigenvalue weighted by Gasteiger charge is 2.12. The molecule has 0 fully saturated rings. The van der Waals surface area contributed by atoms with Crippen molar-refractivity contribution in [2.45, 2.75) is 26.9 Å². The van der Waals surface area contributed by atoms with E-state index in [0.29, 0.717) is 18.0 Å². The van der Waals surface area contributed by atoms with E-state index in [1.807, 2.05) is 4.90 Å². The van der Waals surface area contributed by atoms with Gasteiger partial charge in [-0.15, -0.1) is 0 Å². The Labute approximate surface area is 113 Å². The lowest BCUT2D eigenvalue weighted by Gasteiger charge is -2.23. The zero-order chi connectivity index (χ0) is 14.4. The second kappa shape index (κ2) is 7.21. The normalized spacial score (nSPS) is 11.3. The van der Waals surface area contributed by atoms with Crippen molar-refractivity contribution >= 4 is 5.91 Å². The number of nitrogens with zero attached hydrogens (tertiary/aromatic N) is 1. The number of hydrogen-bond donors (Lipinski definition) is 2. The summed E-state index contributed by atoms with van der Waals surface area (Å²) in [4.78, 5) is 13.0. The van der Waals surface area contributed by atoms with Crippen molar-refractivity contribution in [2.24, 2.45) is 17.4 Å². The van der Waals surface area contributed by atoms with Gasteiger partial charge in [-0.2, -0.15) is 0 Å². The smallest absolute Gasteiger partial charge is 0.231 e. The number of amides is 1. The molecule has 0 aliphatic carbocycles. The molecule has 1 amide bonds. The van der Waals surface area contributed by atoms with Gasteiger partial charge in [0.25, 0.3) is 0 Å². The maximum atomic E-state index is 13.4. The zero-order valence-electron chi connectivity index (χ0n) is 11.5. The van der Waals surface area contributed by atoms with Crippen LogP contribution in [0, 0.1) is 11.7 Å². The Balaban J connectivity index is 2.80. The third-order valence-corrected chi connectivity index (χ3v) is 2.74. The van der Waals surface area contributed by atoms with Gasteiger partial charge in [0.05, 0.1) is 6.54 Å². The highest BCUT2D eigenvalue weighted by atomic mass is 19.1. The highest BCUT2D eigenvalue weighted by molar-refractivity contribution is 5.75. The number of halogens is 1. The molecule has 0 saturated heterocycles. The molecular weight excluding hydrogens is 245 g/mol. The monoisotopic (exact) mass is 267 g/mol. The highest BCUT2D eigenvalue weighted by Crippen LogP contribution is 2.13. The molecule has 106 valence electrons. The molecule has 0 aliphatic heterocycles. The minimum atomic E-state index is -0.359. The quantitative estimate of drug-likeness (QED) is 0.780. The molecule has 0 radical (unpaired) electrons. The number of rotatable bonds is 7. The van der Waals surface area contributed by atoms with Crippen molar-refractivity contribution in [3.63, 3.8) is 0 Å². The molecule has 0 saturated carbocycles. The predicted octanol–water partition coefficient (Wildman–Crippen LogP) is 1.23. The maximum absolute atomic E-state index is 13.4. The van der Waals surface area contributed by atoms with Gasteiger partial charge in [0.15, 0.2) is 0 Å². The molecule has 5 heteroatoms. The van der Waals surface area contributed by atoms with Gasteiger partial charge in [0.1, 0.15) is 5.82 Å². The van der Waals surface area contributed by atoms with Crippen LogP contribution in [0.1, 0.15) is 25.0 Å². The van der Waals surface area contributed by atoms with E-state index < -0.39 is 0 Å². The first-order valence-electron chi connectivity index (χ1n) is 6.40. The van der Waals surface area contributed by atoms with Gasteiger partial charge >= 0.3 is 0 Å². The summed E-state index contributed by atoms with van der Waals surface area (Å²) >= 11 is 0. The molecule has 0 spiro atoms. The van der Waals surface area contributed by atoms with E-state index in [4.69, 9.17) is 11.5 Å². The third-order valence-electron chi connectivity index (χ3n) is 2.74. The van der Waals surface area contributed by atoms with Crippen LogP contribution >= 0.6 is 0 Å². The zero-order valence-corrected chi connectivity index (χ0v) is 11.5. The second-order valence-corrected chi connectivity index (χ2v) is 5.16. The summed E-state index contributed by atoms with van der Waals surface area (Å²) in [6, 6.07) is 4.86. The molecule has 0 bridgehead atoms.